The predicted molar refractivity (Wildman–Crippen MR) is 168 cm³/mol. The third-order valence-electron chi connectivity index (χ3n) is 6.65. The van der Waals surface area contributed by atoms with Crippen molar-refractivity contribution < 1.29 is 33.6 Å². The highest BCUT2D eigenvalue weighted by Gasteiger charge is 2.30. The lowest BCUT2D eigenvalue weighted by atomic mass is 10.0. The van der Waals surface area contributed by atoms with E-state index >= 15 is 0 Å². The molecule has 0 aliphatic heterocycles. The molecule has 1 amide bonds. The number of rotatable bonds is 13. The number of nitrogens with two attached hydrogens (primary N) is 1. The molecule has 232 valence electrons. The maximum atomic E-state index is 13.9. The summed E-state index contributed by atoms with van der Waals surface area (Å²) in [7, 11) is 1.50. The summed E-state index contributed by atoms with van der Waals surface area (Å²) in [4.78, 5) is 47.3. The lowest BCUT2D eigenvalue weighted by Crippen LogP contribution is -2.46. The SMILES string of the molecule is COc1cc([C@@H](Nc2ccc(C(=N)N)cc2)C(=O)N[C@@H](Cc2ccccc2)C(=O)OOC(C)=O)ccc1OCc1ccccc1. The van der Waals surface area contributed by atoms with Crippen molar-refractivity contribution in [2.45, 2.75) is 32.0 Å². The smallest absolute Gasteiger partial charge is 0.377 e. The summed E-state index contributed by atoms with van der Waals surface area (Å²) in [5.74, 6) is -1.57. The Balaban J connectivity index is 1.64. The summed E-state index contributed by atoms with van der Waals surface area (Å²) >= 11 is 0. The molecule has 4 rings (SSSR count). The molecule has 0 aromatic heterocycles. The lowest BCUT2D eigenvalue weighted by Gasteiger charge is -2.24. The van der Waals surface area contributed by atoms with Crippen molar-refractivity contribution in [3.8, 4) is 11.5 Å². The fourth-order valence-corrected chi connectivity index (χ4v) is 4.39. The molecule has 0 bridgehead atoms. The van der Waals surface area contributed by atoms with E-state index in [1.165, 1.54) is 7.11 Å². The van der Waals surface area contributed by atoms with Gasteiger partial charge in [0.15, 0.2) is 11.5 Å². The first kappa shape index (κ1) is 32.1. The largest absolute Gasteiger partial charge is 0.493 e. The highest BCUT2D eigenvalue weighted by atomic mass is 17.2. The Bertz CT molecular complexity index is 1610. The molecule has 0 fully saturated rings. The predicted octanol–water partition coefficient (Wildman–Crippen LogP) is 4.46. The summed E-state index contributed by atoms with van der Waals surface area (Å²) in [5.41, 5.74) is 8.88. The number of amides is 1. The fraction of sp³-hybridized carbons (Fsp3) is 0.176. The van der Waals surface area contributed by atoms with Gasteiger partial charge in [-0.05, 0) is 53.1 Å². The molecule has 0 aliphatic carbocycles. The van der Waals surface area contributed by atoms with Gasteiger partial charge in [0.25, 0.3) is 0 Å². The van der Waals surface area contributed by atoms with E-state index in [9.17, 15) is 14.4 Å². The van der Waals surface area contributed by atoms with E-state index in [1.807, 2.05) is 36.4 Å². The first-order chi connectivity index (χ1) is 21.7. The zero-order valence-electron chi connectivity index (χ0n) is 24.8. The van der Waals surface area contributed by atoms with E-state index in [2.05, 4.69) is 15.5 Å². The number of anilines is 1. The van der Waals surface area contributed by atoms with E-state index in [0.29, 0.717) is 34.9 Å². The minimum atomic E-state index is -1.20. The Morgan fingerprint density at radius 2 is 1.47 bits per heavy atom. The summed E-state index contributed by atoms with van der Waals surface area (Å²) < 4.78 is 11.6. The van der Waals surface area contributed by atoms with Gasteiger partial charge in [0, 0.05) is 24.6 Å². The van der Waals surface area contributed by atoms with Gasteiger partial charge in [0.2, 0.25) is 5.91 Å². The summed E-state index contributed by atoms with van der Waals surface area (Å²) in [6, 6.07) is 28.2. The number of carbonyl (C=O) groups is 3. The van der Waals surface area contributed by atoms with E-state index in [-0.39, 0.29) is 12.3 Å². The number of carbonyl (C=O) groups excluding carboxylic acids is 3. The topological polar surface area (TPSA) is 162 Å². The van der Waals surface area contributed by atoms with Gasteiger partial charge in [-0.25, -0.2) is 19.4 Å². The van der Waals surface area contributed by atoms with Crippen molar-refractivity contribution >= 4 is 29.4 Å². The third kappa shape index (κ3) is 9.32. The number of nitrogen functional groups attached to an aromatic ring is 1. The van der Waals surface area contributed by atoms with Crippen molar-refractivity contribution in [1.82, 2.24) is 5.32 Å². The zero-order valence-corrected chi connectivity index (χ0v) is 24.8. The minimum absolute atomic E-state index is 0.0717. The lowest BCUT2D eigenvalue weighted by molar-refractivity contribution is -0.258. The van der Waals surface area contributed by atoms with Crippen LogP contribution in [0.15, 0.2) is 103 Å². The first-order valence-corrected chi connectivity index (χ1v) is 14.0. The van der Waals surface area contributed by atoms with Crippen molar-refractivity contribution in [1.29, 1.82) is 5.41 Å². The van der Waals surface area contributed by atoms with Crippen LogP contribution in [0.4, 0.5) is 5.69 Å². The van der Waals surface area contributed by atoms with Gasteiger partial charge in [-0.15, -0.1) is 0 Å². The molecule has 11 nitrogen and oxygen atoms in total. The van der Waals surface area contributed by atoms with Crippen LogP contribution >= 0.6 is 0 Å². The third-order valence-corrected chi connectivity index (χ3v) is 6.65. The first-order valence-electron chi connectivity index (χ1n) is 14.0. The Morgan fingerprint density at radius 1 is 0.822 bits per heavy atom. The molecule has 11 heteroatoms. The number of hydrogen-bond acceptors (Lipinski definition) is 9. The van der Waals surface area contributed by atoms with Gasteiger partial charge < -0.3 is 25.8 Å². The van der Waals surface area contributed by atoms with E-state index in [0.717, 1.165) is 18.1 Å². The number of nitrogens with one attached hydrogen (secondary N) is 3. The van der Waals surface area contributed by atoms with Crippen molar-refractivity contribution in [2.75, 3.05) is 12.4 Å². The van der Waals surface area contributed by atoms with Crippen LogP contribution in [-0.4, -0.2) is 36.8 Å². The molecule has 0 unspecified atom stereocenters. The molecule has 0 radical (unpaired) electrons. The van der Waals surface area contributed by atoms with Gasteiger partial charge in [-0.3, -0.25) is 10.2 Å². The summed E-state index contributed by atoms with van der Waals surface area (Å²) in [6.45, 7) is 1.41. The highest BCUT2D eigenvalue weighted by Crippen LogP contribution is 2.32. The molecule has 4 aromatic carbocycles. The van der Waals surface area contributed by atoms with Gasteiger partial charge >= 0.3 is 11.9 Å². The van der Waals surface area contributed by atoms with Crippen molar-refractivity contribution in [3.63, 3.8) is 0 Å². The van der Waals surface area contributed by atoms with E-state index in [1.54, 1.807) is 66.7 Å². The average Bonchev–Trinajstić information content (AvgIpc) is 3.05. The molecule has 0 saturated heterocycles. The van der Waals surface area contributed by atoms with Crippen LogP contribution in [0.25, 0.3) is 0 Å². The maximum Gasteiger partial charge on any atom is 0.377 e. The van der Waals surface area contributed by atoms with Crippen LogP contribution in [-0.2, 0) is 37.2 Å². The number of methoxy groups -OCH3 is 1. The molecule has 0 heterocycles. The number of ether oxygens (including phenoxy) is 2. The molecule has 0 saturated carbocycles. The second-order valence-electron chi connectivity index (χ2n) is 9.98. The van der Waals surface area contributed by atoms with Crippen molar-refractivity contribution in [3.05, 3.63) is 125 Å². The second-order valence-corrected chi connectivity index (χ2v) is 9.98. The maximum absolute atomic E-state index is 13.9. The van der Waals surface area contributed by atoms with Crippen LogP contribution in [0.1, 0.15) is 35.2 Å². The zero-order chi connectivity index (χ0) is 32.2. The van der Waals surface area contributed by atoms with Crippen LogP contribution in [0, 0.1) is 5.41 Å². The molecule has 5 N–H and O–H groups in total. The van der Waals surface area contributed by atoms with Crippen LogP contribution in [0.3, 0.4) is 0 Å². The fourth-order valence-electron chi connectivity index (χ4n) is 4.39. The van der Waals surface area contributed by atoms with Crippen LogP contribution in [0.2, 0.25) is 0 Å². The number of hydrogen-bond donors (Lipinski definition) is 4. The summed E-state index contributed by atoms with van der Waals surface area (Å²) in [5, 5.41) is 13.6. The molecular formula is C34H34N4O7. The number of amidine groups is 1. The molecule has 0 aliphatic rings. The van der Waals surface area contributed by atoms with Gasteiger partial charge in [-0.1, -0.05) is 66.7 Å². The Morgan fingerprint density at radius 3 is 2.07 bits per heavy atom. The molecule has 45 heavy (non-hydrogen) atoms. The van der Waals surface area contributed by atoms with Crippen LogP contribution < -0.4 is 25.8 Å². The summed E-state index contributed by atoms with van der Waals surface area (Å²) in [6.07, 6.45) is 0.0717. The van der Waals surface area contributed by atoms with E-state index in [4.69, 9.17) is 25.5 Å². The molecule has 4 aromatic rings. The number of benzene rings is 4. The van der Waals surface area contributed by atoms with Crippen molar-refractivity contribution in [2.24, 2.45) is 5.73 Å². The minimum Gasteiger partial charge on any atom is -0.493 e. The van der Waals surface area contributed by atoms with E-state index < -0.39 is 29.9 Å². The van der Waals surface area contributed by atoms with Gasteiger partial charge in [-0.2, -0.15) is 0 Å². The monoisotopic (exact) mass is 610 g/mol. The second kappa shape index (κ2) is 15.6. The Kier molecular flexibility index (Phi) is 11.1. The molecule has 2 atom stereocenters. The molecular weight excluding hydrogens is 576 g/mol. The van der Waals surface area contributed by atoms with Gasteiger partial charge in [0.1, 0.15) is 24.5 Å². The Hall–Kier alpha value is -5.84. The quantitative estimate of drug-likeness (QED) is 0.0741. The normalized spacial score (nSPS) is 11.8. The average molecular weight is 611 g/mol. The Labute approximate surface area is 260 Å². The highest BCUT2D eigenvalue weighted by molar-refractivity contribution is 5.95. The van der Waals surface area contributed by atoms with Gasteiger partial charge in [0.05, 0.1) is 7.11 Å². The molecule has 0 spiro atoms. The standard InChI is InChI=1S/C34H34N4O7/c1-22(39)44-45-34(41)28(19-23-9-5-3-6-10-23)38-33(40)31(37-27-16-13-25(14-17-27)32(35)36)26-15-18-29(30(20-26)42-2)43-21-24-11-7-4-8-12-24/h3-18,20,28,31,37H,19,21H2,1-2H3,(H3,35,36)(H,38,40)/t28-,31+/m0/s1. The van der Waals surface area contributed by atoms with Crippen LogP contribution in [0.5, 0.6) is 11.5 Å².